The van der Waals surface area contributed by atoms with E-state index in [-0.39, 0.29) is 19.4 Å². The second-order valence-corrected chi connectivity index (χ2v) is 18.6. The molecule has 13 heteroatoms. The molecular formula is C47H88O12S. The van der Waals surface area contributed by atoms with Crippen molar-refractivity contribution in [3.63, 3.8) is 0 Å². The summed E-state index contributed by atoms with van der Waals surface area (Å²) in [5, 5.41) is 30.9. The fourth-order valence-electron chi connectivity index (χ4n) is 7.56. The van der Waals surface area contributed by atoms with E-state index in [4.69, 9.17) is 18.9 Å². The summed E-state index contributed by atoms with van der Waals surface area (Å²) < 4.78 is 54.1. The molecule has 2 unspecified atom stereocenters. The Bertz CT molecular complexity index is 1170. The minimum absolute atomic E-state index is 0.169. The molecule has 0 amide bonds. The molecule has 0 radical (unpaired) electrons. The van der Waals surface area contributed by atoms with Crippen molar-refractivity contribution in [2.24, 2.45) is 0 Å². The number of rotatable bonds is 41. The highest BCUT2D eigenvalue weighted by molar-refractivity contribution is 7.85. The summed E-state index contributed by atoms with van der Waals surface area (Å²) in [5.74, 6) is -1.98. The lowest BCUT2D eigenvalue weighted by Crippen LogP contribution is -2.60. The zero-order chi connectivity index (χ0) is 44.1. The van der Waals surface area contributed by atoms with Crippen LogP contribution in [0.5, 0.6) is 0 Å². The van der Waals surface area contributed by atoms with E-state index >= 15 is 0 Å². The molecule has 0 aromatic heterocycles. The van der Waals surface area contributed by atoms with E-state index in [1.54, 1.807) is 0 Å². The van der Waals surface area contributed by atoms with Crippen LogP contribution in [0.4, 0.5) is 0 Å². The lowest BCUT2D eigenvalue weighted by Gasteiger charge is -2.40. The largest absolute Gasteiger partial charge is 0.462 e. The first-order chi connectivity index (χ1) is 29.0. The van der Waals surface area contributed by atoms with Crippen LogP contribution in [0.15, 0.2) is 12.2 Å². The Morgan fingerprint density at radius 3 is 1.38 bits per heavy atom. The van der Waals surface area contributed by atoms with Gasteiger partial charge in [-0.05, 0) is 38.5 Å². The van der Waals surface area contributed by atoms with Gasteiger partial charge in [0, 0.05) is 12.8 Å². The van der Waals surface area contributed by atoms with Crippen molar-refractivity contribution >= 4 is 22.1 Å². The van der Waals surface area contributed by atoms with Gasteiger partial charge < -0.3 is 34.3 Å². The maximum absolute atomic E-state index is 12.8. The lowest BCUT2D eigenvalue weighted by molar-refractivity contribution is -0.297. The number of ether oxygens (including phenoxy) is 4. The molecule has 4 N–H and O–H groups in total. The van der Waals surface area contributed by atoms with Gasteiger partial charge in [-0.1, -0.05) is 180 Å². The van der Waals surface area contributed by atoms with Crippen molar-refractivity contribution in [3.05, 3.63) is 12.2 Å². The van der Waals surface area contributed by atoms with Gasteiger partial charge in [-0.15, -0.1) is 0 Å². The van der Waals surface area contributed by atoms with Crippen LogP contribution in [0.3, 0.4) is 0 Å². The molecule has 0 spiro atoms. The molecule has 1 fully saturated rings. The number of carbonyl (C=O) groups excluding carboxylic acids is 2. The normalized spacial score (nSPS) is 20.1. The predicted molar refractivity (Wildman–Crippen MR) is 238 cm³/mol. The average molecular weight is 877 g/mol. The van der Waals surface area contributed by atoms with Crippen molar-refractivity contribution in [1.82, 2.24) is 0 Å². The summed E-state index contributed by atoms with van der Waals surface area (Å²) in [6.07, 6.45) is 31.1. The molecule has 354 valence electrons. The van der Waals surface area contributed by atoms with E-state index < -0.39 is 71.2 Å². The number of hydrogen-bond acceptors (Lipinski definition) is 11. The van der Waals surface area contributed by atoms with Crippen molar-refractivity contribution in [2.75, 3.05) is 19.0 Å². The van der Waals surface area contributed by atoms with Gasteiger partial charge >= 0.3 is 11.9 Å². The van der Waals surface area contributed by atoms with Crippen molar-refractivity contribution < 1.29 is 56.8 Å². The lowest BCUT2D eigenvalue weighted by atomic mass is 10.00. The molecular weight excluding hydrogens is 789 g/mol. The minimum Gasteiger partial charge on any atom is -0.462 e. The third-order valence-electron chi connectivity index (χ3n) is 11.3. The van der Waals surface area contributed by atoms with E-state index in [0.29, 0.717) is 12.8 Å². The summed E-state index contributed by atoms with van der Waals surface area (Å²) in [4.78, 5) is 25.4. The fourth-order valence-corrected chi connectivity index (χ4v) is 8.25. The minimum atomic E-state index is -4.60. The van der Waals surface area contributed by atoms with Crippen LogP contribution in [-0.4, -0.2) is 96.0 Å². The number of hydrogen-bond donors (Lipinski definition) is 4. The van der Waals surface area contributed by atoms with E-state index in [1.165, 1.54) is 122 Å². The van der Waals surface area contributed by atoms with E-state index in [2.05, 4.69) is 26.0 Å². The molecule has 0 aromatic rings. The number of aliphatic hydroxyl groups excluding tert-OH is 3. The topological polar surface area (TPSA) is 186 Å². The molecule has 12 nitrogen and oxygen atoms in total. The highest BCUT2D eigenvalue weighted by atomic mass is 32.2. The Labute approximate surface area is 365 Å². The Balaban J connectivity index is 2.41. The molecule has 0 aromatic carbocycles. The van der Waals surface area contributed by atoms with E-state index in [0.717, 1.165) is 57.8 Å². The van der Waals surface area contributed by atoms with Gasteiger partial charge in [-0.25, -0.2) is 0 Å². The second kappa shape index (κ2) is 37.9. The van der Waals surface area contributed by atoms with Gasteiger partial charge in [0.25, 0.3) is 10.1 Å². The molecule has 1 aliphatic heterocycles. The number of carbonyl (C=O) groups is 2. The third kappa shape index (κ3) is 32.1. The predicted octanol–water partition coefficient (Wildman–Crippen LogP) is 10.2. The highest BCUT2D eigenvalue weighted by Gasteiger charge is 2.46. The Hall–Kier alpha value is -1.61. The molecule has 1 aliphatic rings. The Morgan fingerprint density at radius 1 is 0.550 bits per heavy atom. The molecule has 1 heterocycles. The smallest absolute Gasteiger partial charge is 0.306 e. The quantitative estimate of drug-likeness (QED) is 0.0197. The van der Waals surface area contributed by atoms with Gasteiger partial charge in [0.2, 0.25) is 0 Å². The fraction of sp³-hybridized carbons (Fsp3) is 0.915. The standard InChI is InChI=1S/C47H88O12S/c1-3-5-7-9-11-13-15-17-19-20-22-24-26-28-30-32-34-36-43(49)58-40(38-57-47-46(52)45(51)44(50)41(59-47)39-60(53,54)55)37-56-42(48)35-33-31-29-27-25-23-21-18-16-14-12-10-8-6-4-2/h18,21,40-41,44-47,50-52H,3-17,19-20,22-39H2,1-2H3,(H,53,54,55)/b21-18+/t40-,41-,44-,45?,46?,47+/m1/s1. The summed E-state index contributed by atoms with van der Waals surface area (Å²) in [6, 6.07) is 0. The van der Waals surface area contributed by atoms with E-state index in [1.807, 2.05) is 0 Å². The van der Waals surface area contributed by atoms with Gasteiger partial charge in [0.15, 0.2) is 12.4 Å². The van der Waals surface area contributed by atoms with Crippen LogP contribution in [0.1, 0.15) is 219 Å². The number of allylic oxidation sites excluding steroid dienone is 2. The van der Waals surface area contributed by atoms with Crippen molar-refractivity contribution in [1.29, 1.82) is 0 Å². The van der Waals surface area contributed by atoms with Crippen molar-refractivity contribution in [2.45, 2.75) is 256 Å². The summed E-state index contributed by atoms with van der Waals surface area (Å²) in [5.41, 5.74) is 0. The summed E-state index contributed by atoms with van der Waals surface area (Å²) in [6.45, 7) is 3.77. The van der Waals surface area contributed by atoms with Crippen LogP contribution >= 0.6 is 0 Å². The monoisotopic (exact) mass is 877 g/mol. The van der Waals surface area contributed by atoms with Crippen LogP contribution in [0.25, 0.3) is 0 Å². The number of aliphatic hydroxyl groups is 3. The Kier molecular flexibility index (Phi) is 35.6. The SMILES string of the molecule is CCCCCCCC/C=C/CCCCCCCC(=O)OC[C@H](CO[C@H]1O[C@H](CS(=O)(=O)O)[C@@H](O)C(O)C1O)OC(=O)CCCCCCCCCCCCCCCCCCC. The molecule has 0 aliphatic carbocycles. The van der Waals surface area contributed by atoms with Crippen LogP contribution in [0.2, 0.25) is 0 Å². The molecule has 1 saturated heterocycles. The first-order valence-electron chi connectivity index (χ1n) is 24.2. The molecule has 6 atom stereocenters. The zero-order valence-electron chi connectivity index (χ0n) is 37.8. The van der Waals surface area contributed by atoms with Crippen molar-refractivity contribution in [3.8, 4) is 0 Å². The van der Waals surface area contributed by atoms with Crippen LogP contribution < -0.4 is 0 Å². The summed E-state index contributed by atoms with van der Waals surface area (Å²) in [7, 11) is -4.60. The Morgan fingerprint density at radius 2 is 0.950 bits per heavy atom. The number of unbranched alkanes of at least 4 members (excludes halogenated alkanes) is 27. The van der Waals surface area contributed by atoms with E-state index in [9.17, 15) is 37.9 Å². The molecule has 60 heavy (non-hydrogen) atoms. The van der Waals surface area contributed by atoms with Gasteiger partial charge in [-0.3, -0.25) is 14.1 Å². The molecule has 0 saturated carbocycles. The second-order valence-electron chi connectivity index (χ2n) is 17.1. The number of esters is 2. The average Bonchev–Trinajstić information content (AvgIpc) is 3.21. The van der Waals surface area contributed by atoms with Crippen LogP contribution in [0, 0.1) is 0 Å². The first-order valence-corrected chi connectivity index (χ1v) is 25.9. The highest BCUT2D eigenvalue weighted by Crippen LogP contribution is 2.24. The molecule has 1 rings (SSSR count). The zero-order valence-corrected chi connectivity index (χ0v) is 38.6. The van der Waals surface area contributed by atoms with Gasteiger partial charge in [0.1, 0.15) is 36.8 Å². The first kappa shape index (κ1) is 56.4. The van der Waals surface area contributed by atoms with Gasteiger partial charge in [-0.2, -0.15) is 8.42 Å². The third-order valence-corrected chi connectivity index (χ3v) is 12.1. The maximum atomic E-state index is 12.8. The van der Waals surface area contributed by atoms with Crippen LogP contribution in [-0.2, 0) is 38.7 Å². The maximum Gasteiger partial charge on any atom is 0.306 e. The van der Waals surface area contributed by atoms with Gasteiger partial charge in [0.05, 0.1) is 6.61 Å². The molecule has 0 bridgehead atoms. The summed E-state index contributed by atoms with van der Waals surface area (Å²) >= 11 is 0.